The van der Waals surface area contributed by atoms with Crippen molar-refractivity contribution < 1.29 is 16.5 Å². The van der Waals surface area contributed by atoms with Crippen LogP contribution in [-0.4, -0.2) is 0 Å². The van der Waals surface area contributed by atoms with E-state index in [1.165, 1.54) is 0 Å². The normalized spacial score (nSPS) is 13.3. The van der Waals surface area contributed by atoms with Gasteiger partial charge in [-0.2, -0.15) is 0 Å². The molecule has 0 aliphatic carbocycles. The Morgan fingerprint density at radius 3 is 1.21 bits per heavy atom. The number of benzene rings is 2. The number of rotatable bonds is 3. The van der Waals surface area contributed by atoms with Gasteiger partial charge in [0.1, 0.15) is 0 Å². The van der Waals surface area contributed by atoms with Gasteiger partial charge in [0, 0.05) is 12.1 Å². The number of hydrogen-bond acceptors (Lipinski definition) is 2. The molecule has 0 amide bonds. The van der Waals surface area contributed by atoms with Crippen LogP contribution in [0.4, 0.5) is 0 Å². The molecule has 0 spiro atoms. The van der Waals surface area contributed by atoms with Gasteiger partial charge in [0.2, 0.25) is 0 Å². The first-order chi connectivity index (χ1) is 9.20. The van der Waals surface area contributed by atoms with Crippen LogP contribution in [0.5, 0.6) is 0 Å². The summed E-state index contributed by atoms with van der Waals surface area (Å²) in [7, 11) is 9.75. The molecule has 0 aliphatic rings. The van der Waals surface area contributed by atoms with Crippen LogP contribution in [0, 0.1) is 0 Å². The van der Waals surface area contributed by atoms with Gasteiger partial charge < -0.3 is 11.5 Å². The molecule has 0 heterocycles. The Kier molecular flexibility index (Phi) is 8.36. The molecule has 2 aromatic rings. The minimum absolute atomic E-state index is 0.163. The van der Waals surface area contributed by atoms with Crippen molar-refractivity contribution in [3.8, 4) is 0 Å². The van der Waals surface area contributed by atoms with Crippen LogP contribution in [0.2, 0.25) is 0 Å². The summed E-state index contributed by atoms with van der Waals surface area (Å²) in [5.41, 5.74) is 14.4. The molecule has 0 aromatic heterocycles. The second-order valence-corrected chi connectivity index (χ2v) is 7.20. The van der Waals surface area contributed by atoms with Gasteiger partial charge in [-0.15, -0.1) is 0 Å². The van der Waals surface area contributed by atoms with Gasteiger partial charge >= 0.3 is 35.3 Å². The summed E-state index contributed by atoms with van der Waals surface area (Å²) in [5.74, 6) is 0. The SMILES string of the molecule is NC(c1ccccc1)C(N)c1ccccc1.[Cl][Pt][Cl]. The third kappa shape index (κ3) is 5.64. The summed E-state index contributed by atoms with van der Waals surface area (Å²) >= 11 is -0.472. The zero-order chi connectivity index (χ0) is 14.1. The van der Waals surface area contributed by atoms with Crippen LogP contribution in [0.25, 0.3) is 0 Å². The Morgan fingerprint density at radius 1 is 0.684 bits per heavy atom. The first kappa shape index (κ1) is 16.7. The molecule has 2 aromatic carbocycles. The molecule has 4 N–H and O–H groups in total. The van der Waals surface area contributed by atoms with E-state index in [1.54, 1.807) is 0 Å². The van der Waals surface area contributed by atoms with Crippen LogP contribution >= 0.6 is 18.8 Å². The van der Waals surface area contributed by atoms with E-state index in [4.69, 9.17) is 30.3 Å². The van der Waals surface area contributed by atoms with Gasteiger partial charge in [-0.1, -0.05) is 60.7 Å². The van der Waals surface area contributed by atoms with Crippen LogP contribution in [0.15, 0.2) is 60.7 Å². The molecule has 19 heavy (non-hydrogen) atoms. The second kappa shape index (κ2) is 9.52. The van der Waals surface area contributed by atoms with Crippen LogP contribution in [0.1, 0.15) is 23.2 Å². The van der Waals surface area contributed by atoms with Gasteiger partial charge in [0.25, 0.3) is 0 Å². The monoisotopic (exact) mass is 477 g/mol. The minimum atomic E-state index is -0.472. The van der Waals surface area contributed by atoms with Crippen molar-refractivity contribution in [2.45, 2.75) is 12.1 Å². The Labute approximate surface area is 130 Å². The van der Waals surface area contributed by atoms with Crippen molar-refractivity contribution in [1.82, 2.24) is 0 Å². The summed E-state index contributed by atoms with van der Waals surface area (Å²) in [4.78, 5) is 0. The molecule has 2 rings (SSSR count). The summed E-state index contributed by atoms with van der Waals surface area (Å²) in [5, 5.41) is 0. The van der Waals surface area contributed by atoms with Crippen molar-refractivity contribution in [1.29, 1.82) is 0 Å². The van der Waals surface area contributed by atoms with Crippen molar-refractivity contribution in [2.24, 2.45) is 11.5 Å². The molecular formula is C14H16Cl2N2Pt. The summed E-state index contributed by atoms with van der Waals surface area (Å²) in [6.07, 6.45) is 0. The maximum atomic E-state index is 6.15. The maximum absolute atomic E-state index is 6.15. The molecule has 106 valence electrons. The van der Waals surface area contributed by atoms with E-state index in [-0.39, 0.29) is 12.1 Å². The molecule has 5 heteroatoms. The predicted octanol–water partition coefficient (Wildman–Crippen LogP) is 3.76. The third-order valence-corrected chi connectivity index (χ3v) is 2.76. The zero-order valence-corrected chi connectivity index (χ0v) is 13.9. The van der Waals surface area contributed by atoms with Crippen molar-refractivity contribution in [3.05, 3.63) is 71.8 Å². The summed E-state index contributed by atoms with van der Waals surface area (Å²) < 4.78 is 0. The van der Waals surface area contributed by atoms with Crippen molar-refractivity contribution in [3.63, 3.8) is 0 Å². The average molecular weight is 478 g/mol. The van der Waals surface area contributed by atoms with Gasteiger partial charge in [-0.05, 0) is 11.1 Å². The van der Waals surface area contributed by atoms with Gasteiger partial charge in [-0.25, -0.2) is 0 Å². The number of halogens is 2. The Hall–Kier alpha value is -0.372. The van der Waals surface area contributed by atoms with Crippen molar-refractivity contribution in [2.75, 3.05) is 0 Å². The first-order valence-corrected chi connectivity index (χ1v) is 11.3. The van der Waals surface area contributed by atoms with Gasteiger partial charge in [0.05, 0.1) is 0 Å². The molecule has 0 radical (unpaired) electrons. The number of hydrogen-bond donors (Lipinski definition) is 2. The molecule has 0 saturated heterocycles. The van der Waals surface area contributed by atoms with E-state index >= 15 is 0 Å². The quantitative estimate of drug-likeness (QED) is 0.706. The molecule has 2 unspecified atom stereocenters. The molecule has 0 fully saturated rings. The van der Waals surface area contributed by atoms with E-state index in [2.05, 4.69) is 0 Å². The fourth-order valence-electron chi connectivity index (χ4n) is 1.77. The molecule has 0 aliphatic heterocycles. The Balaban J connectivity index is 0.000000550. The number of nitrogens with two attached hydrogens (primary N) is 2. The standard InChI is InChI=1S/C14H16N2.2ClH.Pt/c15-13(11-7-3-1-4-8-11)14(16)12-9-5-2-6-10-12;;;/h1-10,13-14H,15-16H2;2*1H;/q;;;+2/p-2. The van der Waals surface area contributed by atoms with Gasteiger partial charge in [-0.3, -0.25) is 0 Å². The molecule has 0 bridgehead atoms. The molecule has 2 atom stereocenters. The summed E-state index contributed by atoms with van der Waals surface area (Å²) in [6.45, 7) is 0. The van der Waals surface area contributed by atoms with E-state index in [1.807, 2.05) is 60.7 Å². The molecule has 2 nitrogen and oxygen atoms in total. The van der Waals surface area contributed by atoms with Crippen LogP contribution in [-0.2, 0) is 16.5 Å². The molecule has 0 saturated carbocycles. The fourth-order valence-corrected chi connectivity index (χ4v) is 1.77. The Bertz CT molecular complexity index is 410. The van der Waals surface area contributed by atoms with E-state index < -0.39 is 16.5 Å². The zero-order valence-electron chi connectivity index (χ0n) is 10.2. The van der Waals surface area contributed by atoms with E-state index in [9.17, 15) is 0 Å². The third-order valence-electron chi connectivity index (χ3n) is 2.76. The van der Waals surface area contributed by atoms with Crippen LogP contribution < -0.4 is 11.5 Å². The van der Waals surface area contributed by atoms with Gasteiger partial charge in [0.15, 0.2) is 0 Å². The molecular weight excluding hydrogens is 462 g/mol. The summed E-state index contributed by atoms with van der Waals surface area (Å²) in [6, 6.07) is 19.6. The average Bonchev–Trinajstić information content (AvgIpc) is 2.48. The second-order valence-electron chi connectivity index (χ2n) is 3.92. The topological polar surface area (TPSA) is 52.0 Å². The van der Waals surface area contributed by atoms with E-state index in [0.29, 0.717) is 0 Å². The van der Waals surface area contributed by atoms with Crippen molar-refractivity contribution >= 4 is 18.8 Å². The van der Waals surface area contributed by atoms with E-state index in [0.717, 1.165) is 11.1 Å². The predicted molar refractivity (Wildman–Crippen MR) is 78.4 cm³/mol. The first-order valence-electron chi connectivity index (χ1n) is 5.64. The Morgan fingerprint density at radius 2 is 0.947 bits per heavy atom. The van der Waals surface area contributed by atoms with Crippen LogP contribution in [0.3, 0.4) is 0 Å². The fraction of sp³-hybridized carbons (Fsp3) is 0.143.